The fourth-order valence-electron chi connectivity index (χ4n) is 3.42. The van der Waals surface area contributed by atoms with E-state index in [9.17, 15) is 8.42 Å². The van der Waals surface area contributed by atoms with Gasteiger partial charge in [0.15, 0.2) is 11.5 Å². The van der Waals surface area contributed by atoms with Crippen molar-refractivity contribution in [3.8, 4) is 11.5 Å². The zero-order valence-corrected chi connectivity index (χ0v) is 16.9. The number of benzene rings is 2. The lowest BCUT2D eigenvalue weighted by atomic mass is 9.88. The molecule has 2 aromatic carbocycles. The first-order chi connectivity index (χ1) is 14.1. The molecule has 1 atom stereocenters. The van der Waals surface area contributed by atoms with Gasteiger partial charge in [-0.25, -0.2) is 13.1 Å². The molecule has 0 radical (unpaired) electrons. The fraction of sp³-hybridized carbons (Fsp3) is 0.286. The number of hydrogen-bond acceptors (Lipinski definition) is 5. The molecule has 1 unspecified atom stereocenters. The first kappa shape index (κ1) is 19.5. The Morgan fingerprint density at radius 3 is 2.66 bits per heavy atom. The van der Waals surface area contributed by atoms with Crippen LogP contribution in [0, 0.1) is 0 Å². The highest BCUT2D eigenvalue weighted by Crippen LogP contribution is 2.37. The Hall–Kier alpha value is -2.84. The Morgan fingerprint density at radius 2 is 1.90 bits per heavy atom. The van der Waals surface area contributed by atoms with Gasteiger partial charge in [-0.15, -0.1) is 0 Å². The zero-order valence-electron chi connectivity index (χ0n) is 16.1. The predicted octanol–water partition coefficient (Wildman–Crippen LogP) is 3.13. The molecule has 0 saturated carbocycles. The molecular formula is C21H23N3O4S. The third-order valence-corrected chi connectivity index (χ3v) is 6.39. The number of rotatable bonds is 8. The highest BCUT2D eigenvalue weighted by atomic mass is 32.2. The minimum absolute atomic E-state index is 0.0202. The summed E-state index contributed by atoms with van der Waals surface area (Å²) in [4.78, 5) is 0.179. The second-order valence-electron chi connectivity index (χ2n) is 6.79. The van der Waals surface area contributed by atoms with Gasteiger partial charge >= 0.3 is 0 Å². The number of fused-ring (bicyclic) bond motifs is 1. The van der Waals surface area contributed by atoms with Crippen molar-refractivity contribution in [1.29, 1.82) is 0 Å². The van der Waals surface area contributed by atoms with Crippen molar-refractivity contribution in [3.63, 3.8) is 0 Å². The van der Waals surface area contributed by atoms with E-state index in [1.807, 2.05) is 43.3 Å². The second kappa shape index (κ2) is 8.26. The molecule has 152 valence electrons. The van der Waals surface area contributed by atoms with Gasteiger partial charge in [-0.2, -0.15) is 5.10 Å². The molecule has 0 saturated heterocycles. The van der Waals surface area contributed by atoms with Gasteiger partial charge in [-0.1, -0.05) is 36.4 Å². The van der Waals surface area contributed by atoms with E-state index in [0.717, 1.165) is 22.6 Å². The second-order valence-corrected chi connectivity index (χ2v) is 8.56. The van der Waals surface area contributed by atoms with Crippen LogP contribution in [0.2, 0.25) is 0 Å². The van der Waals surface area contributed by atoms with E-state index in [-0.39, 0.29) is 17.6 Å². The molecule has 2 heterocycles. The summed E-state index contributed by atoms with van der Waals surface area (Å²) >= 11 is 0. The third kappa shape index (κ3) is 4.28. The molecule has 0 fully saturated rings. The maximum absolute atomic E-state index is 12.6. The van der Waals surface area contributed by atoms with E-state index < -0.39 is 10.0 Å². The standard InChI is InChI=1S/C21H23N3O4S/c1-2-24-14-18(13-22-24)29(25,26)23-11-10-19(16-6-4-3-5-7-16)17-8-9-20-21(12-17)28-15-27-20/h3-9,12-14,19,23H,2,10-11,15H2,1H3. The third-order valence-electron chi connectivity index (χ3n) is 4.97. The van der Waals surface area contributed by atoms with Crippen LogP contribution in [0.25, 0.3) is 0 Å². The Bertz CT molecular complexity index is 1080. The van der Waals surface area contributed by atoms with E-state index >= 15 is 0 Å². The molecule has 1 aromatic heterocycles. The van der Waals surface area contributed by atoms with Crippen molar-refractivity contribution in [1.82, 2.24) is 14.5 Å². The first-order valence-corrected chi connectivity index (χ1v) is 11.0. The molecular weight excluding hydrogens is 390 g/mol. The van der Waals surface area contributed by atoms with Gasteiger partial charge in [0.1, 0.15) is 4.90 Å². The van der Waals surface area contributed by atoms with Gasteiger partial charge in [0.25, 0.3) is 0 Å². The van der Waals surface area contributed by atoms with Crippen LogP contribution in [0.5, 0.6) is 11.5 Å². The van der Waals surface area contributed by atoms with E-state index in [2.05, 4.69) is 22.0 Å². The van der Waals surface area contributed by atoms with Gasteiger partial charge < -0.3 is 9.47 Å². The van der Waals surface area contributed by atoms with Crippen LogP contribution in [0.4, 0.5) is 0 Å². The molecule has 0 amide bonds. The smallest absolute Gasteiger partial charge is 0.243 e. The average molecular weight is 413 g/mol. The maximum Gasteiger partial charge on any atom is 0.243 e. The number of ether oxygens (including phenoxy) is 2. The highest BCUT2D eigenvalue weighted by molar-refractivity contribution is 7.89. The van der Waals surface area contributed by atoms with Crippen molar-refractivity contribution < 1.29 is 17.9 Å². The summed E-state index contributed by atoms with van der Waals surface area (Å²) in [7, 11) is -3.60. The molecule has 0 aliphatic carbocycles. The summed E-state index contributed by atoms with van der Waals surface area (Å²) in [5.74, 6) is 1.47. The van der Waals surface area contributed by atoms with Gasteiger partial charge in [0.05, 0.1) is 6.20 Å². The van der Waals surface area contributed by atoms with E-state index in [0.29, 0.717) is 19.5 Å². The minimum Gasteiger partial charge on any atom is -0.454 e. The molecule has 8 heteroatoms. The van der Waals surface area contributed by atoms with Crippen molar-refractivity contribution >= 4 is 10.0 Å². The number of hydrogen-bond donors (Lipinski definition) is 1. The first-order valence-electron chi connectivity index (χ1n) is 9.53. The SMILES string of the molecule is CCn1cc(S(=O)(=O)NCCC(c2ccccc2)c2ccc3c(c2)OCO3)cn1. The van der Waals surface area contributed by atoms with Crippen LogP contribution in [0.1, 0.15) is 30.4 Å². The molecule has 29 heavy (non-hydrogen) atoms. The van der Waals surface area contributed by atoms with Gasteiger partial charge in [0.2, 0.25) is 16.8 Å². The Balaban J connectivity index is 1.52. The Labute approximate surface area is 170 Å². The van der Waals surface area contributed by atoms with Crippen molar-refractivity contribution in [2.45, 2.75) is 30.7 Å². The maximum atomic E-state index is 12.6. The molecule has 1 aliphatic heterocycles. The number of aromatic nitrogens is 2. The number of aryl methyl sites for hydroxylation is 1. The van der Waals surface area contributed by atoms with E-state index in [4.69, 9.17) is 9.47 Å². The molecule has 1 aliphatic rings. The monoisotopic (exact) mass is 413 g/mol. The summed E-state index contributed by atoms with van der Waals surface area (Å²) in [6.45, 7) is 3.05. The Morgan fingerprint density at radius 1 is 1.10 bits per heavy atom. The average Bonchev–Trinajstić information content (AvgIpc) is 3.41. The lowest BCUT2D eigenvalue weighted by Crippen LogP contribution is -2.26. The molecule has 0 bridgehead atoms. The zero-order chi connectivity index (χ0) is 20.3. The molecule has 7 nitrogen and oxygen atoms in total. The molecule has 4 rings (SSSR count). The van der Waals surface area contributed by atoms with Crippen molar-refractivity contribution in [3.05, 3.63) is 72.1 Å². The highest BCUT2D eigenvalue weighted by Gasteiger charge is 2.21. The summed E-state index contributed by atoms with van der Waals surface area (Å²) < 4.78 is 40.3. The lowest BCUT2D eigenvalue weighted by Gasteiger charge is -2.19. The Kier molecular flexibility index (Phi) is 5.55. The van der Waals surface area contributed by atoms with Gasteiger partial charge in [-0.3, -0.25) is 4.68 Å². The number of nitrogens with zero attached hydrogens (tertiary/aromatic N) is 2. The topological polar surface area (TPSA) is 82.5 Å². The summed E-state index contributed by atoms with van der Waals surface area (Å²) in [5, 5.41) is 4.04. The van der Waals surface area contributed by atoms with Crippen LogP contribution in [0.3, 0.4) is 0 Å². The lowest BCUT2D eigenvalue weighted by molar-refractivity contribution is 0.174. The fourth-order valence-corrected chi connectivity index (χ4v) is 4.42. The van der Waals surface area contributed by atoms with Gasteiger partial charge in [-0.05, 0) is 36.6 Å². The normalized spacial score (nSPS) is 14.1. The summed E-state index contributed by atoms with van der Waals surface area (Å²) in [5.41, 5.74) is 2.17. The van der Waals surface area contributed by atoms with Crippen molar-refractivity contribution in [2.24, 2.45) is 0 Å². The molecule has 3 aromatic rings. The summed E-state index contributed by atoms with van der Waals surface area (Å²) in [6, 6.07) is 15.9. The van der Waals surface area contributed by atoms with Crippen LogP contribution >= 0.6 is 0 Å². The summed E-state index contributed by atoms with van der Waals surface area (Å²) in [6.07, 6.45) is 3.51. The number of sulfonamides is 1. The number of nitrogens with one attached hydrogen (secondary N) is 1. The van der Waals surface area contributed by atoms with E-state index in [1.165, 1.54) is 12.4 Å². The molecule has 1 N–H and O–H groups in total. The van der Waals surface area contributed by atoms with Crippen molar-refractivity contribution in [2.75, 3.05) is 13.3 Å². The minimum atomic E-state index is -3.60. The largest absolute Gasteiger partial charge is 0.454 e. The van der Waals surface area contributed by atoms with Gasteiger partial charge in [0, 0.05) is 25.2 Å². The quantitative estimate of drug-likeness (QED) is 0.614. The molecule has 0 spiro atoms. The van der Waals surface area contributed by atoms with Crippen LogP contribution in [-0.2, 0) is 16.6 Å². The van der Waals surface area contributed by atoms with Crippen LogP contribution < -0.4 is 14.2 Å². The van der Waals surface area contributed by atoms with Crippen LogP contribution in [-0.4, -0.2) is 31.5 Å². The van der Waals surface area contributed by atoms with E-state index in [1.54, 1.807) is 4.68 Å². The van der Waals surface area contributed by atoms with Crippen LogP contribution in [0.15, 0.2) is 65.8 Å². The predicted molar refractivity (Wildman–Crippen MR) is 109 cm³/mol.